The van der Waals surface area contributed by atoms with Crippen LogP contribution in [0.5, 0.6) is 0 Å². The molecule has 5 rings (SSSR count). The van der Waals surface area contributed by atoms with E-state index in [0.29, 0.717) is 19.4 Å². The van der Waals surface area contributed by atoms with Crippen molar-refractivity contribution >= 4 is 28.3 Å². The zero-order valence-corrected chi connectivity index (χ0v) is 16.4. The molecule has 0 aromatic heterocycles. The van der Waals surface area contributed by atoms with E-state index in [1.807, 2.05) is 47.4 Å². The predicted molar refractivity (Wildman–Crippen MR) is 115 cm³/mol. The zero-order chi connectivity index (χ0) is 19.8. The Morgan fingerprint density at radius 2 is 1.86 bits per heavy atom. The third-order valence-electron chi connectivity index (χ3n) is 6.14. The van der Waals surface area contributed by atoms with Crippen LogP contribution in [0.3, 0.4) is 0 Å². The molecule has 3 aromatic carbocycles. The first-order valence-corrected chi connectivity index (χ1v) is 10.4. The summed E-state index contributed by atoms with van der Waals surface area (Å²) in [7, 11) is 0. The second kappa shape index (κ2) is 7.36. The molecule has 1 unspecified atom stereocenters. The molecule has 0 fully saturated rings. The Kier molecular flexibility index (Phi) is 4.55. The van der Waals surface area contributed by atoms with Gasteiger partial charge in [0.1, 0.15) is 0 Å². The van der Waals surface area contributed by atoms with Crippen LogP contribution in [0, 0.1) is 0 Å². The molecule has 4 nitrogen and oxygen atoms in total. The highest BCUT2D eigenvalue weighted by molar-refractivity contribution is 6.25. The molecule has 0 saturated heterocycles. The number of carbonyl (C=O) groups excluding carboxylic acids is 2. The van der Waals surface area contributed by atoms with E-state index in [1.54, 1.807) is 0 Å². The third-order valence-corrected chi connectivity index (χ3v) is 6.14. The van der Waals surface area contributed by atoms with Crippen LogP contribution in [0.25, 0.3) is 10.8 Å². The number of rotatable bonds is 5. The Balaban J connectivity index is 1.22. The Morgan fingerprint density at radius 1 is 1.03 bits per heavy atom. The largest absolute Gasteiger partial charge is 0.349 e. The van der Waals surface area contributed by atoms with Gasteiger partial charge in [-0.1, -0.05) is 48.5 Å². The van der Waals surface area contributed by atoms with Crippen molar-refractivity contribution in [2.24, 2.45) is 0 Å². The van der Waals surface area contributed by atoms with Crippen molar-refractivity contribution in [3.05, 3.63) is 77.4 Å². The number of aryl methyl sites for hydroxylation is 1. The fourth-order valence-corrected chi connectivity index (χ4v) is 4.77. The van der Waals surface area contributed by atoms with Gasteiger partial charge in [0.15, 0.2) is 0 Å². The van der Waals surface area contributed by atoms with Crippen molar-refractivity contribution in [1.82, 2.24) is 5.32 Å². The molecule has 1 atom stereocenters. The van der Waals surface area contributed by atoms with Crippen molar-refractivity contribution in [1.29, 1.82) is 0 Å². The molecule has 29 heavy (non-hydrogen) atoms. The van der Waals surface area contributed by atoms with Gasteiger partial charge in [-0.05, 0) is 54.3 Å². The van der Waals surface area contributed by atoms with E-state index in [2.05, 4.69) is 23.5 Å². The number of nitrogens with zero attached hydrogens (tertiary/aromatic N) is 1. The number of benzene rings is 3. The molecule has 2 aliphatic rings. The average Bonchev–Trinajstić information content (AvgIpc) is 3.02. The fraction of sp³-hybridized carbons (Fsp3) is 0.280. The van der Waals surface area contributed by atoms with Gasteiger partial charge in [-0.25, -0.2) is 0 Å². The summed E-state index contributed by atoms with van der Waals surface area (Å²) in [6, 6.07) is 20.4. The van der Waals surface area contributed by atoms with Gasteiger partial charge in [0.2, 0.25) is 5.91 Å². The van der Waals surface area contributed by atoms with Crippen molar-refractivity contribution in [3.63, 3.8) is 0 Å². The SMILES string of the molecule is O=C(CCCN1C(=O)c2cccc3cccc1c23)NC1CCCc2ccccc21. The van der Waals surface area contributed by atoms with Crippen LogP contribution in [0.4, 0.5) is 5.69 Å². The van der Waals surface area contributed by atoms with Crippen LogP contribution in [0.15, 0.2) is 60.7 Å². The van der Waals surface area contributed by atoms with Crippen LogP contribution < -0.4 is 10.2 Å². The topological polar surface area (TPSA) is 49.4 Å². The molecule has 0 spiro atoms. The van der Waals surface area contributed by atoms with Crippen LogP contribution in [0.2, 0.25) is 0 Å². The average molecular weight is 384 g/mol. The maximum Gasteiger partial charge on any atom is 0.258 e. The summed E-state index contributed by atoms with van der Waals surface area (Å²) in [5, 5.41) is 5.32. The lowest BCUT2D eigenvalue weighted by Crippen LogP contribution is -2.32. The molecule has 0 saturated carbocycles. The van der Waals surface area contributed by atoms with Gasteiger partial charge in [0, 0.05) is 23.9 Å². The lowest BCUT2D eigenvalue weighted by Gasteiger charge is -2.26. The fourth-order valence-electron chi connectivity index (χ4n) is 4.77. The van der Waals surface area contributed by atoms with E-state index < -0.39 is 0 Å². The summed E-state index contributed by atoms with van der Waals surface area (Å²) >= 11 is 0. The normalized spacial score (nSPS) is 17.4. The highest BCUT2D eigenvalue weighted by Gasteiger charge is 2.29. The van der Waals surface area contributed by atoms with E-state index in [0.717, 1.165) is 41.3 Å². The lowest BCUT2D eigenvalue weighted by molar-refractivity contribution is -0.122. The molecule has 2 amide bonds. The molecule has 0 radical (unpaired) electrons. The van der Waals surface area contributed by atoms with Gasteiger partial charge in [-0.2, -0.15) is 0 Å². The predicted octanol–water partition coefficient (Wildman–Crippen LogP) is 4.77. The molecular formula is C25H24N2O2. The molecule has 3 aromatic rings. The van der Waals surface area contributed by atoms with E-state index in [-0.39, 0.29) is 17.9 Å². The minimum absolute atomic E-state index is 0.0402. The monoisotopic (exact) mass is 384 g/mol. The second-order valence-corrected chi connectivity index (χ2v) is 7.95. The molecule has 146 valence electrons. The highest BCUT2D eigenvalue weighted by atomic mass is 16.2. The molecule has 1 aliphatic carbocycles. The summed E-state index contributed by atoms with van der Waals surface area (Å²) in [6.45, 7) is 0.557. The summed E-state index contributed by atoms with van der Waals surface area (Å²) in [6.07, 6.45) is 4.26. The van der Waals surface area contributed by atoms with Gasteiger partial charge in [-0.3, -0.25) is 9.59 Å². The maximum absolute atomic E-state index is 12.8. The number of hydrogen-bond acceptors (Lipinski definition) is 2. The smallest absolute Gasteiger partial charge is 0.258 e. The summed E-state index contributed by atoms with van der Waals surface area (Å²) in [5.74, 6) is 0.104. The van der Waals surface area contributed by atoms with Crippen LogP contribution >= 0.6 is 0 Å². The minimum Gasteiger partial charge on any atom is -0.349 e. The Morgan fingerprint density at radius 3 is 2.76 bits per heavy atom. The van der Waals surface area contributed by atoms with E-state index in [1.165, 1.54) is 11.1 Å². The number of nitrogens with one attached hydrogen (secondary N) is 1. The first kappa shape index (κ1) is 17.9. The van der Waals surface area contributed by atoms with E-state index >= 15 is 0 Å². The molecule has 1 heterocycles. The van der Waals surface area contributed by atoms with Crippen LogP contribution in [0.1, 0.15) is 53.2 Å². The number of hydrogen-bond donors (Lipinski definition) is 1. The van der Waals surface area contributed by atoms with E-state index in [4.69, 9.17) is 0 Å². The van der Waals surface area contributed by atoms with Gasteiger partial charge < -0.3 is 10.2 Å². The Labute approximate surface area is 170 Å². The minimum atomic E-state index is 0.0402. The Bertz CT molecular complexity index is 1100. The Hall–Kier alpha value is -3.14. The van der Waals surface area contributed by atoms with Crippen molar-refractivity contribution in [2.75, 3.05) is 11.4 Å². The number of amides is 2. The first-order valence-electron chi connectivity index (χ1n) is 10.4. The zero-order valence-electron chi connectivity index (χ0n) is 16.4. The van der Waals surface area contributed by atoms with Crippen LogP contribution in [-0.4, -0.2) is 18.4 Å². The summed E-state index contributed by atoms with van der Waals surface area (Å²) in [5.41, 5.74) is 4.33. The highest BCUT2D eigenvalue weighted by Crippen LogP contribution is 2.37. The van der Waals surface area contributed by atoms with Crippen molar-refractivity contribution < 1.29 is 9.59 Å². The molecule has 1 aliphatic heterocycles. The van der Waals surface area contributed by atoms with Gasteiger partial charge in [0.25, 0.3) is 5.91 Å². The summed E-state index contributed by atoms with van der Waals surface area (Å²) < 4.78 is 0. The number of anilines is 1. The molecule has 1 N–H and O–H groups in total. The second-order valence-electron chi connectivity index (χ2n) is 7.95. The first-order chi connectivity index (χ1) is 14.2. The molecule has 4 heteroatoms. The van der Waals surface area contributed by atoms with Crippen molar-refractivity contribution in [3.8, 4) is 0 Å². The van der Waals surface area contributed by atoms with Crippen LogP contribution in [-0.2, 0) is 11.2 Å². The maximum atomic E-state index is 12.8. The number of carbonyl (C=O) groups is 2. The van der Waals surface area contributed by atoms with Gasteiger partial charge in [-0.15, -0.1) is 0 Å². The van der Waals surface area contributed by atoms with E-state index in [9.17, 15) is 9.59 Å². The third kappa shape index (κ3) is 3.19. The quantitative estimate of drug-likeness (QED) is 0.689. The molecular weight excluding hydrogens is 360 g/mol. The lowest BCUT2D eigenvalue weighted by atomic mass is 9.87. The van der Waals surface area contributed by atoms with Gasteiger partial charge in [0.05, 0.1) is 11.7 Å². The van der Waals surface area contributed by atoms with Gasteiger partial charge >= 0.3 is 0 Å². The summed E-state index contributed by atoms with van der Waals surface area (Å²) in [4.78, 5) is 27.2. The van der Waals surface area contributed by atoms with Crippen molar-refractivity contribution in [2.45, 2.75) is 38.1 Å². The molecule has 0 bridgehead atoms. The standard InChI is InChI=1S/C25H24N2O2/c28-23(26-21-13-4-8-17-7-1-2-11-19(17)21)15-6-16-27-22-14-5-10-18-9-3-12-20(24(18)22)25(27)29/h1-3,5,7,9-12,14,21H,4,6,8,13,15-16H2,(H,26,28). The number of fused-ring (bicyclic) bond motifs is 1.